The molecule has 1 aliphatic carbocycles. The minimum atomic E-state index is -0.158. The summed E-state index contributed by atoms with van der Waals surface area (Å²) >= 11 is 0. The summed E-state index contributed by atoms with van der Waals surface area (Å²) in [5, 5.41) is 0. The van der Waals surface area contributed by atoms with Crippen molar-refractivity contribution in [1.29, 1.82) is 0 Å². The lowest BCUT2D eigenvalue weighted by atomic mass is 9.82. The van der Waals surface area contributed by atoms with Crippen LogP contribution in [-0.2, 0) is 5.41 Å². The third kappa shape index (κ3) is 5.81. The van der Waals surface area contributed by atoms with Crippen LogP contribution in [0, 0.1) is 6.57 Å². The van der Waals surface area contributed by atoms with Gasteiger partial charge in [-0.3, -0.25) is 0 Å². The van der Waals surface area contributed by atoms with Crippen molar-refractivity contribution < 1.29 is 0 Å². The largest absolute Gasteiger partial charge is 0.238 e. The van der Waals surface area contributed by atoms with Crippen molar-refractivity contribution in [2.45, 2.75) is 19.3 Å². The average molecular weight is 678 g/mol. The number of hydrogen-bond donors (Lipinski definition) is 0. The molecule has 0 atom stereocenters. The highest BCUT2D eigenvalue weighted by molar-refractivity contribution is 5.92. The van der Waals surface area contributed by atoms with Gasteiger partial charge in [-0.05, 0) is 86.0 Å². The van der Waals surface area contributed by atoms with Crippen LogP contribution in [0.25, 0.3) is 83.3 Å². The third-order valence-corrected chi connectivity index (χ3v) is 10.5. The van der Waals surface area contributed by atoms with Gasteiger partial charge in [0.1, 0.15) is 0 Å². The summed E-state index contributed by atoms with van der Waals surface area (Å²) in [4.78, 5) is 14.3. The minimum absolute atomic E-state index is 0.158. The molecule has 7 aromatic carbocycles. The Bertz CT molecular complexity index is 2610. The van der Waals surface area contributed by atoms with Crippen molar-refractivity contribution in [3.63, 3.8) is 0 Å². The third-order valence-electron chi connectivity index (χ3n) is 10.5. The lowest BCUT2D eigenvalue weighted by Crippen LogP contribution is -2.14. The molecule has 0 fully saturated rings. The molecule has 0 saturated carbocycles. The van der Waals surface area contributed by atoms with Crippen molar-refractivity contribution in [3.8, 4) is 78.4 Å². The van der Waals surface area contributed by atoms with Gasteiger partial charge in [-0.1, -0.05) is 159 Å². The molecule has 0 unspecified atom stereocenters. The molecule has 1 aliphatic rings. The SMILES string of the molecule is [C-]#[N+]c1cccc2c1-c1cc(-c3ccc(-c4nc(-c5ccccc5)cc(-c5cc(-c6ccccc6)cc(-c6ccccc6)c5)n4)cc3)ccc1C2(C)C. The van der Waals surface area contributed by atoms with E-state index in [0.29, 0.717) is 11.5 Å². The molecule has 8 aromatic rings. The first-order valence-electron chi connectivity index (χ1n) is 17.9. The highest BCUT2D eigenvalue weighted by atomic mass is 14.9. The lowest BCUT2D eigenvalue weighted by molar-refractivity contribution is 0.660. The zero-order valence-corrected chi connectivity index (χ0v) is 29.6. The second-order valence-corrected chi connectivity index (χ2v) is 14.1. The Kier molecular flexibility index (Phi) is 7.87. The van der Waals surface area contributed by atoms with Gasteiger partial charge in [-0.15, -0.1) is 0 Å². The van der Waals surface area contributed by atoms with Gasteiger partial charge in [0.15, 0.2) is 11.5 Å². The van der Waals surface area contributed by atoms with Gasteiger partial charge < -0.3 is 0 Å². The van der Waals surface area contributed by atoms with Crippen LogP contribution in [0.1, 0.15) is 25.0 Å². The topological polar surface area (TPSA) is 30.1 Å². The second-order valence-electron chi connectivity index (χ2n) is 14.1. The van der Waals surface area contributed by atoms with E-state index in [0.717, 1.165) is 72.6 Å². The van der Waals surface area contributed by atoms with Crippen LogP contribution in [0.5, 0.6) is 0 Å². The molecule has 0 N–H and O–H groups in total. The molecule has 0 radical (unpaired) electrons. The van der Waals surface area contributed by atoms with Gasteiger partial charge in [-0.2, -0.15) is 0 Å². The van der Waals surface area contributed by atoms with Crippen LogP contribution in [0.15, 0.2) is 176 Å². The maximum absolute atomic E-state index is 7.86. The molecular formula is C50H35N3. The smallest absolute Gasteiger partial charge is 0.195 e. The summed E-state index contributed by atoms with van der Waals surface area (Å²) < 4.78 is 0. The van der Waals surface area contributed by atoms with Crippen LogP contribution >= 0.6 is 0 Å². The number of rotatable bonds is 6. The summed E-state index contributed by atoms with van der Waals surface area (Å²) in [6.45, 7) is 12.4. The summed E-state index contributed by atoms with van der Waals surface area (Å²) in [6, 6.07) is 61.5. The second kappa shape index (κ2) is 13.0. The summed E-state index contributed by atoms with van der Waals surface area (Å²) in [5.41, 5.74) is 16.8. The highest BCUT2D eigenvalue weighted by Crippen LogP contribution is 2.53. The van der Waals surface area contributed by atoms with E-state index in [-0.39, 0.29) is 5.41 Å². The lowest BCUT2D eigenvalue weighted by Gasteiger charge is -2.21. The Morgan fingerprint density at radius 3 is 1.53 bits per heavy atom. The predicted molar refractivity (Wildman–Crippen MR) is 218 cm³/mol. The molecule has 1 aromatic heterocycles. The quantitative estimate of drug-likeness (QED) is 0.164. The van der Waals surface area contributed by atoms with E-state index in [1.807, 2.05) is 30.3 Å². The molecule has 0 saturated heterocycles. The Morgan fingerprint density at radius 2 is 0.925 bits per heavy atom. The minimum Gasteiger partial charge on any atom is -0.238 e. The average Bonchev–Trinajstić information content (AvgIpc) is 3.47. The van der Waals surface area contributed by atoms with Crippen LogP contribution < -0.4 is 0 Å². The van der Waals surface area contributed by atoms with Crippen LogP contribution in [-0.4, -0.2) is 9.97 Å². The van der Waals surface area contributed by atoms with E-state index in [9.17, 15) is 0 Å². The zero-order valence-electron chi connectivity index (χ0n) is 29.6. The van der Waals surface area contributed by atoms with Gasteiger partial charge in [0.2, 0.25) is 0 Å². The molecular weight excluding hydrogens is 643 g/mol. The first-order valence-corrected chi connectivity index (χ1v) is 17.9. The molecule has 3 nitrogen and oxygen atoms in total. The van der Waals surface area contributed by atoms with Gasteiger partial charge in [-0.25, -0.2) is 14.8 Å². The molecule has 0 amide bonds. The van der Waals surface area contributed by atoms with E-state index < -0.39 is 0 Å². The van der Waals surface area contributed by atoms with Crippen molar-refractivity contribution in [3.05, 3.63) is 198 Å². The Balaban J connectivity index is 1.15. The molecule has 250 valence electrons. The molecule has 0 aliphatic heterocycles. The normalized spacial score (nSPS) is 12.5. The number of fused-ring (bicyclic) bond motifs is 3. The van der Waals surface area contributed by atoms with Gasteiger partial charge in [0.05, 0.1) is 18.0 Å². The molecule has 9 rings (SSSR count). The maximum atomic E-state index is 7.86. The Labute approximate surface area is 310 Å². The van der Waals surface area contributed by atoms with E-state index in [1.165, 1.54) is 11.1 Å². The number of nitrogens with zero attached hydrogens (tertiary/aromatic N) is 3. The van der Waals surface area contributed by atoms with E-state index in [1.54, 1.807) is 0 Å². The summed E-state index contributed by atoms with van der Waals surface area (Å²) in [5.74, 6) is 0.672. The van der Waals surface area contributed by atoms with E-state index in [2.05, 4.69) is 164 Å². The number of hydrogen-bond acceptors (Lipinski definition) is 2. The van der Waals surface area contributed by atoms with Crippen LogP contribution in [0.4, 0.5) is 5.69 Å². The van der Waals surface area contributed by atoms with Gasteiger partial charge in [0, 0.05) is 22.1 Å². The summed E-state index contributed by atoms with van der Waals surface area (Å²) in [7, 11) is 0. The number of aromatic nitrogens is 2. The van der Waals surface area contributed by atoms with Crippen molar-refractivity contribution in [2.24, 2.45) is 0 Å². The molecule has 1 heterocycles. The maximum Gasteiger partial charge on any atom is 0.195 e. The monoisotopic (exact) mass is 677 g/mol. The summed E-state index contributed by atoms with van der Waals surface area (Å²) in [6.07, 6.45) is 0. The van der Waals surface area contributed by atoms with Gasteiger partial charge >= 0.3 is 0 Å². The van der Waals surface area contributed by atoms with Crippen LogP contribution in [0.2, 0.25) is 0 Å². The zero-order chi connectivity index (χ0) is 35.9. The molecule has 53 heavy (non-hydrogen) atoms. The standard InChI is InChI=1S/C50H35N3/c1-50(2)43-27-26-38(31-42(43)48-44(50)20-13-21-45(48)51-3)35-22-24-37(25-23-35)49-52-46(36-18-11-6-12-19-36)32-47(53-49)41-29-39(33-14-7-4-8-15-33)28-40(30-41)34-16-9-5-10-17-34/h4-32H,1-2H3. The van der Waals surface area contributed by atoms with Gasteiger partial charge in [0.25, 0.3) is 0 Å². The van der Waals surface area contributed by atoms with Crippen molar-refractivity contribution in [2.75, 3.05) is 0 Å². The predicted octanol–water partition coefficient (Wildman–Crippen LogP) is 13.3. The first-order chi connectivity index (χ1) is 26.0. The fourth-order valence-corrected chi connectivity index (χ4v) is 7.72. The fourth-order valence-electron chi connectivity index (χ4n) is 7.72. The molecule has 3 heteroatoms. The van der Waals surface area contributed by atoms with E-state index in [4.69, 9.17) is 16.5 Å². The molecule has 0 spiro atoms. The molecule has 0 bridgehead atoms. The van der Waals surface area contributed by atoms with Crippen molar-refractivity contribution in [1.82, 2.24) is 9.97 Å². The van der Waals surface area contributed by atoms with Crippen molar-refractivity contribution >= 4 is 5.69 Å². The Morgan fingerprint density at radius 1 is 0.415 bits per heavy atom. The Hall–Kier alpha value is -6.89. The fraction of sp³-hybridized carbons (Fsp3) is 0.0600. The highest BCUT2D eigenvalue weighted by Gasteiger charge is 2.36. The first kappa shape index (κ1) is 32.0. The van der Waals surface area contributed by atoms with E-state index >= 15 is 0 Å². The number of benzene rings is 7. The van der Waals surface area contributed by atoms with Crippen LogP contribution in [0.3, 0.4) is 0 Å².